The molecule has 0 unspecified atom stereocenters. The molecule has 0 bridgehead atoms. The summed E-state index contributed by atoms with van der Waals surface area (Å²) in [4.78, 5) is 42.6. The maximum Gasteiger partial charge on any atom is 0.262 e. The number of benzene rings is 3. The van der Waals surface area contributed by atoms with Crippen LogP contribution in [0, 0.1) is 0 Å². The van der Waals surface area contributed by atoms with E-state index in [1.165, 1.54) is 69.0 Å². The zero-order valence-electron chi connectivity index (χ0n) is 25.7. The van der Waals surface area contributed by atoms with Crippen molar-refractivity contribution in [3.05, 3.63) is 59.2 Å². The van der Waals surface area contributed by atoms with Gasteiger partial charge < -0.3 is 37.9 Å². The van der Waals surface area contributed by atoms with Crippen LogP contribution in [0.25, 0.3) is 11.1 Å². The van der Waals surface area contributed by atoms with E-state index in [2.05, 4.69) is 0 Å². The van der Waals surface area contributed by atoms with Gasteiger partial charge >= 0.3 is 0 Å². The largest absolute Gasteiger partial charge is 0.493 e. The highest BCUT2D eigenvalue weighted by molar-refractivity contribution is 6.49. The highest BCUT2D eigenvalue weighted by Gasteiger charge is 2.42. The molecule has 0 saturated carbocycles. The second-order valence-electron chi connectivity index (χ2n) is 9.27. The van der Waals surface area contributed by atoms with Crippen LogP contribution in [0.1, 0.15) is 21.5 Å². The van der Waals surface area contributed by atoms with Gasteiger partial charge in [0.05, 0.1) is 74.6 Å². The molecule has 1 heterocycles. The lowest BCUT2D eigenvalue weighted by atomic mass is 9.95. The Bertz CT molecular complexity index is 1510. The van der Waals surface area contributed by atoms with Crippen molar-refractivity contribution in [3.8, 4) is 46.0 Å². The predicted molar refractivity (Wildman–Crippen MR) is 160 cm³/mol. The molecule has 0 N–H and O–H groups in total. The number of carbonyl (C=O) groups excluding carboxylic acids is 3. The van der Waals surface area contributed by atoms with E-state index in [0.29, 0.717) is 34.1 Å². The zero-order valence-corrected chi connectivity index (χ0v) is 25.7. The summed E-state index contributed by atoms with van der Waals surface area (Å²) in [5.41, 5.74) is 0.816. The molecule has 0 aliphatic carbocycles. The number of nitrogens with zero attached hydrogens (tertiary/aromatic N) is 1. The molecule has 0 fully saturated rings. The van der Waals surface area contributed by atoms with Crippen molar-refractivity contribution < 1.29 is 52.3 Å². The molecule has 3 aromatic rings. The first kappa shape index (κ1) is 31.5. The van der Waals surface area contributed by atoms with Gasteiger partial charge in [-0.2, -0.15) is 0 Å². The van der Waals surface area contributed by atoms with Crippen LogP contribution < -0.4 is 37.9 Å². The average Bonchev–Trinajstić information content (AvgIpc) is 3.30. The Morgan fingerprint density at radius 1 is 0.523 bits per heavy atom. The fourth-order valence-electron chi connectivity index (χ4n) is 4.95. The third kappa shape index (κ3) is 5.53. The van der Waals surface area contributed by atoms with Gasteiger partial charge in [0.25, 0.3) is 11.8 Å². The molecule has 12 nitrogen and oxygen atoms in total. The number of hydrogen-bond donors (Lipinski definition) is 0. The van der Waals surface area contributed by atoms with Crippen LogP contribution in [-0.4, -0.2) is 85.9 Å². The van der Waals surface area contributed by atoms with E-state index >= 15 is 0 Å². The van der Waals surface area contributed by atoms with Crippen LogP contribution >= 0.6 is 0 Å². The fraction of sp³-hybridized carbons (Fsp3) is 0.281. The molecule has 3 aromatic carbocycles. The van der Waals surface area contributed by atoms with Gasteiger partial charge in [-0.05, 0) is 53.6 Å². The highest BCUT2D eigenvalue weighted by Crippen LogP contribution is 2.46. The first-order valence-electron chi connectivity index (χ1n) is 13.2. The first-order chi connectivity index (χ1) is 21.2. The number of carbonyl (C=O) groups is 3. The van der Waals surface area contributed by atoms with Crippen molar-refractivity contribution in [2.45, 2.75) is 0 Å². The number of ether oxygens (including phenoxy) is 8. The van der Waals surface area contributed by atoms with Crippen LogP contribution in [0.5, 0.6) is 46.0 Å². The molecule has 1 aliphatic heterocycles. The Morgan fingerprint density at radius 3 is 1.25 bits per heavy atom. The number of ketones is 1. The Balaban J connectivity index is 1.91. The molecule has 0 radical (unpaired) electrons. The van der Waals surface area contributed by atoms with Gasteiger partial charge in [0, 0.05) is 5.56 Å². The average molecular weight is 608 g/mol. The van der Waals surface area contributed by atoms with Gasteiger partial charge in [-0.1, -0.05) is 0 Å². The smallest absolute Gasteiger partial charge is 0.262 e. The monoisotopic (exact) mass is 607 g/mol. The topological polar surface area (TPSA) is 128 Å². The second kappa shape index (κ2) is 13.3. The van der Waals surface area contributed by atoms with E-state index in [1.807, 2.05) is 0 Å². The Hall–Kier alpha value is -5.39. The lowest BCUT2D eigenvalue weighted by molar-refractivity contribution is -0.135. The SMILES string of the molecule is COc1ccc(C(=O)CN2C(=O)C(c3cc(OC)c(OC)c(OC)c3)=C(c3cc(OC)c(OC)c(OC)c3)C2=O)cc1OC. The summed E-state index contributed by atoms with van der Waals surface area (Å²) in [5, 5.41) is 0. The molecular formula is C32H33NO11. The summed E-state index contributed by atoms with van der Waals surface area (Å²) in [6.07, 6.45) is 0. The third-order valence-electron chi connectivity index (χ3n) is 7.08. The molecule has 232 valence electrons. The molecule has 12 heteroatoms. The maximum atomic E-state index is 14.1. The van der Waals surface area contributed by atoms with Gasteiger partial charge in [-0.15, -0.1) is 0 Å². The summed E-state index contributed by atoms with van der Waals surface area (Å²) in [6.45, 7) is -0.547. The van der Waals surface area contributed by atoms with Crippen molar-refractivity contribution in [1.82, 2.24) is 4.90 Å². The number of Topliss-reactive ketones (excluding diaryl/α,β-unsaturated/α-hetero) is 1. The van der Waals surface area contributed by atoms with Crippen LogP contribution in [0.15, 0.2) is 42.5 Å². The van der Waals surface area contributed by atoms with Crippen LogP contribution in [-0.2, 0) is 9.59 Å². The summed E-state index contributed by atoms with van der Waals surface area (Å²) >= 11 is 0. The minimum Gasteiger partial charge on any atom is -0.493 e. The van der Waals surface area contributed by atoms with Gasteiger partial charge in [0.1, 0.15) is 0 Å². The quantitative estimate of drug-likeness (QED) is 0.207. The van der Waals surface area contributed by atoms with Crippen molar-refractivity contribution in [1.29, 1.82) is 0 Å². The lowest BCUT2D eigenvalue weighted by Gasteiger charge is -2.16. The molecular weight excluding hydrogens is 574 g/mol. The number of amides is 2. The minimum atomic E-state index is -0.707. The molecule has 2 amide bonds. The third-order valence-corrected chi connectivity index (χ3v) is 7.08. The lowest BCUT2D eigenvalue weighted by Crippen LogP contribution is -2.36. The number of hydrogen-bond acceptors (Lipinski definition) is 11. The fourth-order valence-corrected chi connectivity index (χ4v) is 4.95. The number of rotatable bonds is 13. The maximum absolute atomic E-state index is 14.1. The number of methoxy groups -OCH3 is 8. The van der Waals surface area contributed by atoms with Crippen molar-refractivity contribution in [2.24, 2.45) is 0 Å². The Labute approximate surface area is 254 Å². The molecule has 1 aliphatic rings. The molecule has 0 atom stereocenters. The van der Waals surface area contributed by atoms with Crippen LogP contribution in [0.4, 0.5) is 0 Å². The highest BCUT2D eigenvalue weighted by atomic mass is 16.5. The second-order valence-corrected chi connectivity index (χ2v) is 9.27. The Morgan fingerprint density at radius 2 is 0.909 bits per heavy atom. The number of imide groups is 1. The molecule has 0 saturated heterocycles. The van der Waals surface area contributed by atoms with E-state index < -0.39 is 24.1 Å². The molecule has 0 aromatic heterocycles. The van der Waals surface area contributed by atoms with E-state index in [0.717, 1.165) is 4.90 Å². The predicted octanol–water partition coefficient (Wildman–Crippen LogP) is 3.92. The van der Waals surface area contributed by atoms with E-state index in [-0.39, 0.29) is 39.7 Å². The van der Waals surface area contributed by atoms with Gasteiger partial charge in [0.15, 0.2) is 40.3 Å². The van der Waals surface area contributed by atoms with E-state index in [9.17, 15) is 14.4 Å². The van der Waals surface area contributed by atoms with Crippen molar-refractivity contribution >= 4 is 28.7 Å². The molecule has 4 rings (SSSR count). The van der Waals surface area contributed by atoms with E-state index in [4.69, 9.17) is 37.9 Å². The van der Waals surface area contributed by atoms with E-state index in [1.54, 1.807) is 30.3 Å². The zero-order chi connectivity index (χ0) is 32.1. The summed E-state index contributed by atoms with van der Waals surface area (Å²) in [7, 11) is 11.6. The standard InChI is InChI=1S/C32H33NO11/c1-37-21-10-9-17(11-22(21)38-2)20(34)16-33-31(35)27(18-12-23(39-3)29(43-7)24(13-18)40-4)28(32(33)36)19-14-25(41-5)30(44-8)26(15-19)42-6/h9-15H,16H2,1-8H3. The first-order valence-corrected chi connectivity index (χ1v) is 13.2. The van der Waals surface area contributed by atoms with Crippen molar-refractivity contribution in [3.63, 3.8) is 0 Å². The molecule has 0 spiro atoms. The minimum absolute atomic E-state index is 0.00337. The normalized spacial score (nSPS) is 12.7. The van der Waals surface area contributed by atoms with Gasteiger partial charge in [-0.25, -0.2) is 0 Å². The van der Waals surface area contributed by atoms with Crippen LogP contribution in [0.2, 0.25) is 0 Å². The molecule has 44 heavy (non-hydrogen) atoms. The van der Waals surface area contributed by atoms with Crippen molar-refractivity contribution in [2.75, 3.05) is 63.4 Å². The summed E-state index contributed by atoms with van der Waals surface area (Å²) in [5.74, 6) is 0.485. The summed E-state index contributed by atoms with van der Waals surface area (Å²) < 4.78 is 43.5. The van der Waals surface area contributed by atoms with Crippen LogP contribution in [0.3, 0.4) is 0 Å². The van der Waals surface area contributed by atoms with Gasteiger partial charge in [-0.3, -0.25) is 19.3 Å². The van der Waals surface area contributed by atoms with Gasteiger partial charge in [0.2, 0.25) is 11.5 Å². The Kier molecular flexibility index (Phi) is 9.52. The summed E-state index contributed by atoms with van der Waals surface area (Å²) in [6, 6.07) is 10.8.